The maximum Gasteiger partial charge on any atom is 0.121 e. The van der Waals surface area contributed by atoms with E-state index in [1.165, 1.54) is 11.1 Å². The fourth-order valence-corrected chi connectivity index (χ4v) is 1.83. The number of aryl methyl sites for hydroxylation is 1. The van der Waals surface area contributed by atoms with Gasteiger partial charge < -0.3 is 10.5 Å². The number of rotatable bonds is 5. The summed E-state index contributed by atoms with van der Waals surface area (Å²) in [5.74, 6) is 0.833. The molecule has 2 nitrogen and oxygen atoms in total. The van der Waals surface area contributed by atoms with E-state index in [4.69, 9.17) is 10.5 Å². The number of benzene rings is 2. The van der Waals surface area contributed by atoms with Crippen LogP contribution in [0.2, 0.25) is 0 Å². The van der Waals surface area contributed by atoms with Gasteiger partial charge in [0.25, 0.3) is 0 Å². The lowest BCUT2D eigenvalue weighted by Gasteiger charge is -2.07. The summed E-state index contributed by atoms with van der Waals surface area (Å²) < 4.78 is 5.67. The standard InChI is InChI=1S/C16H19NO/c1-2-13-6-8-14(9-7-13)10-11-18-16-5-3-4-15(17)12-16/h3-9,12H,2,10-11,17H2,1H3. The fraction of sp³-hybridized carbons (Fsp3) is 0.250. The van der Waals surface area contributed by atoms with Crippen LogP contribution in [0.4, 0.5) is 5.69 Å². The van der Waals surface area contributed by atoms with E-state index in [1.807, 2.05) is 24.3 Å². The van der Waals surface area contributed by atoms with Gasteiger partial charge >= 0.3 is 0 Å². The van der Waals surface area contributed by atoms with E-state index in [-0.39, 0.29) is 0 Å². The molecule has 0 bridgehead atoms. The average molecular weight is 241 g/mol. The van der Waals surface area contributed by atoms with Crippen molar-refractivity contribution < 1.29 is 4.74 Å². The van der Waals surface area contributed by atoms with Gasteiger partial charge in [-0.05, 0) is 29.7 Å². The molecule has 0 saturated heterocycles. The van der Waals surface area contributed by atoms with Crippen molar-refractivity contribution in [3.63, 3.8) is 0 Å². The summed E-state index contributed by atoms with van der Waals surface area (Å²) in [6.07, 6.45) is 2.00. The zero-order chi connectivity index (χ0) is 12.8. The molecule has 2 N–H and O–H groups in total. The highest BCUT2D eigenvalue weighted by Gasteiger charge is 1.97. The third-order valence-corrected chi connectivity index (χ3v) is 2.95. The van der Waals surface area contributed by atoms with Crippen molar-refractivity contribution in [2.75, 3.05) is 12.3 Å². The summed E-state index contributed by atoms with van der Waals surface area (Å²) in [4.78, 5) is 0. The predicted octanol–water partition coefficient (Wildman–Crippen LogP) is 3.45. The first-order valence-corrected chi connectivity index (χ1v) is 6.34. The zero-order valence-electron chi connectivity index (χ0n) is 10.7. The summed E-state index contributed by atoms with van der Waals surface area (Å²) >= 11 is 0. The third kappa shape index (κ3) is 3.52. The van der Waals surface area contributed by atoms with Crippen LogP contribution in [0.1, 0.15) is 18.1 Å². The molecule has 0 aliphatic carbocycles. The highest BCUT2D eigenvalue weighted by molar-refractivity contribution is 5.43. The highest BCUT2D eigenvalue weighted by atomic mass is 16.5. The van der Waals surface area contributed by atoms with Gasteiger partial charge in [0.15, 0.2) is 0 Å². The molecule has 0 amide bonds. The van der Waals surface area contributed by atoms with E-state index in [0.717, 1.165) is 24.3 Å². The lowest BCUT2D eigenvalue weighted by atomic mass is 10.1. The molecule has 2 heteroatoms. The topological polar surface area (TPSA) is 35.2 Å². The molecule has 0 saturated carbocycles. The van der Waals surface area contributed by atoms with Crippen molar-refractivity contribution in [1.82, 2.24) is 0 Å². The van der Waals surface area contributed by atoms with Gasteiger partial charge in [-0.25, -0.2) is 0 Å². The van der Waals surface area contributed by atoms with Crippen LogP contribution in [0.5, 0.6) is 5.75 Å². The smallest absolute Gasteiger partial charge is 0.121 e. The van der Waals surface area contributed by atoms with Crippen molar-refractivity contribution in [1.29, 1.82) is 0 Å². The maximum atomic E-state index is 5.69. The summed E-state index contributed by atoms with van der Waals surface area (Å²) in [5.41, 5.74) is 9.10. The number of hydrogen-bond donors (Lipinski definition) is 1. The monoisotopic (exact) mass is 241 g/mol. The van der Waals surface area contributed by atoms with Gasteiger partial charge in [0.2, 0.25) is 0 Å². The van der Waals surface area contributed by atoms with Crippen LogP contribution in [0.15, 0.2) is 48.5 Å². The van der Waals surface area contributed by atoms with E-state index >= 15 is 0 Å². The van der Waals surface area contributed by atoms with Gasteiger partial charge in [0.1, 0.15) is 5.75 Å². The van der Waals surface area contributed by atoms with Gasteiger partial charge in [0, 0.05) is 18.2 Å². The van der Waals surface area contributed by atoms with Gasteiger partial charge in [-0.1, -0.05) is 37.3 Å². The SMILES string of the molecule is CCc1ccc(CCOc2cccc(N)c2)cc1. The molecule has 0 aliphatic heterocycles. The molecule has 0 aromatic heterocycles. The average Bonchev–Trinajstić information content (AvgIpc) is 2.40. The van der Waals surface area contributed by atoms with Crippen LogP contribution in [0, 0.1) is 0 Å². The number of nitrogen functional groups attached to an aromatic ring is 1. The molecule has 2 aromatic carbocycles. The lowest BCUT2D eigenvalue weighted by molar-refractivity contribution is 0.322. The molecule has 18 heavy (non-hydrogen) atoms. The number of ether oxygens (including phenoxy) is 1. The van der Waals surface area contributed by atoms with Crippen LogP contribution >= 0.6 is 0 Å². The first-order valence-electron chi connectivity index (χ1n) is 6.34. The van der Waals surface area contributed by atoms with Crippen LogP contribution < -0.4 is 10.5 Å². The Morgan fingerprint density at radius 3 is 2.39 bits per heavy atom. The maximum absolute atomic E-state index is 5.69. The molecule has 94 valence electrons. The van der Waals surface area contributed by atoms with Crippen LogP contribution in [-0.2, 0) is 12.8 Å². The summed E-state index contributed by atoms with van der Waals surface area (Å²) in [7, 11) is 0. The van der Waals surface area contributed by atoms with Gasteiger partial charge in [-0.3, -0.25) is 0 Å². The molecule has 0 fully saturated rings. The van der Waals surface area contributed by atoms with Gasteiger partial charge in [-0.2, -0.15) is 0 Å². The number of hydrogen-bond acceptors (Lipinski definition) is 2. The predicted molar refractivity (Wildman–Crippen MR) is 75.9 cm³/mol. The molecule has 0 aliphatic rings. The zero-order valence-corrected chi connectivity index (χ0v) is 10.7. The Labute approximate surface area is 108 Å². The van der Waals surface area contributed by atoms with Crippen molar-refractivity contribution in [2.45, 2.75) is 19.8 Å². The minimum Gasteiger partial charge on any atom is -0.493 e. The van der Waals surface area contributed by atoms with Crippen molar-refractivity contribution in [3.05, 3.63) is 59.7 Å². The number of nitrogens with two attached hydrogens (primary N) is 1. The minimum absolute atomic E-state index is 0.676. The van der Waals surface area contributed by atoms with Crippen molar-refractivity contribution in [3.8, 4) is 5.75 Å². The lowest BCUT2D eigenvalue weighted by Crippen LogP contribution is -2.01. The molecular weight excluding hydrogens is 222 g/mol. The van der Waals surface area contributed by atoms with Crippen LogP contribution in [0.25, 0.3) is 0 Å². The molecule has 0 heterocycles. The molecule has 0 radical (unpaired) electrons. The largest absolute Gasteiger partial charge is 0.493 e. The van der Waals surface area contributed by atoms with E-state index in [9.17, 15) is 0 Å². The first-order chi connectivity index (χ1) is 8.78. The van der Waals surface area contributed by atoms with E-state index < -0.39 is 0 Å². The quantitative estimate of drug-likeness (QED) is 0.814. The van der Waals surface area contributed by atoms with E-state index in [0.29, 0.717) is 6.61 Å². The summed E-state index contributed by atoms with van der Waals surface area (Å²) in [6, 6.07) is 16.2. The second-order valence-corrected chi connectivity index (χ2v) is 4.34. The molecule has 2 rings (SSSR count). The molecular formula is C16H19NO. The summed E-state index contributed by atoms with van der Waals surface area (Å²) in [5, 5.41) is 0. The number of anilines is 1. The second-order valence-electron chi connectivity index (χ2n) is 4.34. The van der Waals surface area contributed by atoms with Crippen molar-refractivity contribution >= 4 is 5.69 Å². The third-order valence-electron chi connectivity index (χ3n) is 2.95. The van der Waals surface area contributed by atoms with Gasteiger partial charge in [-0.15, -0.1) is 0 Å². The Kier molecular flexibility index (Phi) is 4.24. The fourth-order valence-electron chi connectivity index (χ4n) is 1.83. The molecule has 0 unspecified atom stereocenters. The summed E-state index contributed by atoms with van der Waals surface area (Å²) in [6.45, 7) is 2.84. The Morgan fingerprint density at radius 2 is 1.72 bits per heavy atom. The van der Waals surface area contributed by atoms with Crippen LogP contribution in [-0.4, -0.2) is 6.61 Å². The van der Waals surface area contributed by atoms with Crippen LogP contribution in [0.3, 0.4) is 0 Å². The van der Waals surface area contributed by atoms with Crippen molar-refractivity contribution in [2.24, 2.45) is 0 Å². The molecule has 2 aromatic rings. The van der Waals surface area contributed by atoms with E-state index in [1.54, 1.807) is 0 Å². The normalized spacial score (nSPS) is 10.3. The van der Waals surface area contributed by atoms with E-state index in [2.05, 4.69) is 31.2 Å². The highest BCUT2D eigenvalue weighted by Crippen LogP contribution is 2.15. The first kappa shape index (κ1) is 12.5. The minimum atomic E-state index is 0.676. The molecule has 0 atom stereocenters. The second kappa shape index (κ2) is 6.10. The molecule has 0 spiro atoms. The van der Waals surface area contributed by atoms with Gasteiger partial charge in [0.05, 0.1) is 6.61 Å². The Balaban J connectivity index is 1.84. The Morgan fingerprint density at radius 1 is 1.00 bits per heavy atom. The Hall–Kier alpha value is -1.96. The Bertz CT molecular complexity index is 491.